The maximum atomic E-state index is 2.56. The van der Waals surface area contributed by atoms with Gasteiger partial charge in [0.15, 0.2) is 0 Å². The highest BCUT2D eigenvalue weighted by Gasteiger charge is 2.52. The second-order valence-corrected chi connectivity index (χ2v) is 12.4. The van der Waals surface area contributed by atoms with Gasteiger partial charge in [0.25, 0.3) is 0 Å². The molecule has 2 bridgehead atoms. The minimum atomic E-state index is 0.527. The van der Waals surface area contributed by atoms with Crippen LogP contribution in [-0.4, -0.2) is 0 Å². The van der Waals surface area contributed by atoms with Gasteiger partial charge in [-0.3, -0.25) is 0 Å². The molecule has 0 heterocycles. The molecule has 31 heavy (non-hydrogen) atoms. The Kier molecular flexibility index (Phi) is 6.56. The zero-order valence-corrected chi connectivity index (χ0v) is 20.6. The summed E-state index contributed by atoms with van der Waals surface area (Å²) < 4.78 is 0. The molecule has 1 aromatic rings. The molecule has 0 N–H and O–H groups in total. The Morgan fingerprint density at radius 3 is 1.81 bits per heavy atom. The highest BCUT2D eigenvalue weighted by atomic mass is 14.6. The molecule has 0 aromatic heterocycles. The molecule has 1 aromatic carbocycles. The first-order chi connectivity index (χ1) is 15.2. The first kappa shape index (κ1) is 22.0. The topological polar surface area (TPSA) is 0 Å². The molecule has 5 fully saturated rings. The molecule has 0 aliphatic heterocycles. The number of rotatable bonds is 6. The lowest BCUT2D eigenvalue weighted by atomic mass is 9.47. The van der Waals surface area contributed by atoms with Crippen molar-refractivity contribution in [1.82, 2.24) is 0 Å². The van der Waals surface area contributed by atoms with Crippen molar-refractivity contribution in [3.8, 4) is 0 Å². The minimum Gasteiger partial charge on any atom is -0.0654 e. The summed E-state index contributed by atoms with van der Waals surface area (Å²) in [5.74, 6) is 3.95. The Balaban J connectivity index is 1.20. The van der Waals surface area contributed by atoms with Crippen molar-refractivity contribution in [3.05, 3.63) is 35.4 Å². The van der Waals surface area contributed by atoms with Gasteiger partial charge in [0, 0.05) is 0 Å². The predicted octanol–water partition coefficient (Wildman–Crippen LogP) is 9.57. The van der Waals surface area contributed by atoms with E-state index in [1.807, 2.05) is 0 Å². The summed E-state index contributed by atoms with van der Waals surface area (Å²) in [4.78, 5) is 0. The predicted molar refractivity (Wildman–Crippen MR) is 134 cm³/mol. The molecule has 0 spiro atoms. The SMILES string of the molecule is CCCC1CCC(C23CCC(c4ccc(C5CCC(CC)CC5)cc4)(CC2)CC3)CC1. The van der Waals surface area contributed by atoms with Gasteiger partial charge in [0.05, 0.1) is 0 Å². The van der Waals surface area contributed by atoms with Crippen LogP contribution in [0, 0.1) is 23.2 Å². The van der Waals surface area contributed by atoms with E-state index >= 15 is 0 Å². The summed E-state index contributed by atoms with van der Waals surface area (Å²) >= 11 is 0. The molecule has 5 saturated carbocycles. The number of fused-ring (bicyclic) bond motifs is 3. The van der Waals surface area contributed by atoms with E-state index in [0.29, 0.717) is 5.41 Å². The fraction of sp³-hybridized carbons (Fsp3) is 0.806. The van der Waals surface area contributed by atoms with Gasteiger partial charge in [0.1, 0.15) is 0 Å². The van der Waals surface area contributed by atoms with Crippen LogP contribution >= 0.6 is 0 Å². The monoisotopic (exact) mass is 420 g/mol. The highest BCUT2D eigenvalue weighted by molar-refractivity contribution is 5.33. The maximum Gasteiger partial charge on any atom is -0.00463 e. The van der Waals surface area contributed by atoms with Crippen molar-refractivity contribution in [2.75, 3.05) is 0 Å². The third kappa shape index (κ3) is 4.27. The molecule has 5 aliphatic rings. The van der Waals surface area contributed by atoms with Crippen LogP contribution in [0.25, 0.3) is 0 Å². The van der Waals surface area contributed by atoms with Crippen LogP contribution < -0.4 is 0 Å². The van der Waals surface area contributed by atoms with Gasteiger partial charge >= 0.3 is 0 Å². The molecule has 0 nitrogen and oxygen atoms in total. The van der Waals surface area contributed by atoms with E-state index in [1.54, 1.807) is 24.0 Å². The number of benzene rings is 1. The molecule has 0 unspecified atom stereocenters. The van der Waals surface area contributed by atoms with Gasteiger partial charge in [-0.2, -0.15) is 0 Å². The Bertz CT molecular complexity index is 672. The number of hydrogen-bond acceptors (Lipinski definition) is 0. The van der Waals surface area contributed by atoms with Crippen molar-refractivity contribution < 1.29 is 0 Å². The molecule has 0 atom stereocenters. The van der Waals surface area contributed by atoms with Crippen molar-refractivity contribution in [2.45, 2.75) is 134 Å². The molecule has 6 rings (SSSR count). The molecule has 0 radical (unpaired) electrons. The zero-order valence-electron chi connectivity index (χ0n) is 20.6. The van der Waals surface area contributed by atoms with Crippen LogP contribution in [0.3, 0.4) is 0 Å². The average Bonchev–Trinajstić information content (AvgIpc) is 2.86. The molecule has 0 amide bonds. The van der Waals surface area contributed by atoms with E-state index in [1.165, 1.54) is 96.3 Å². The van der Waals surface area contributed by atoms with E-state index in [4.69, 9.17) is 0 Å². The van der Waals surface area contributed by atoms with Gasteiger partial charge in [-0.15, -0.1) is 0 Å². The summed E-state index contributed by atoms with van der Waals surface area (Å²) in [5.41, 5.74) is 4.59. The second kappa shape index (κ2) is 9.23. The maximum absolute atomic E-state index is 2.56. The summed E-state index contributed by atoms with van der Waals surface area (Å²) in [5, 5.41) is 0. The highest BCUT2D eigenvalue weighted by Crippen LogP contribution is 2.62. The molecule has 5 aliphatic carbocycles. The smallest absolute Gasteiger partial charge is 0.00463 e. The van der Waals surface area contributed by atoms with E-state index in [-0.39, 0.29) is 0 Å². The Hall–Kier alpha value is -0.780. The second-order valence-electron chi connectivity index (χ2n) is 12.4. The van der Waals surface area contributed by atoms with Crippen LogP contribution in [0.15, 0.2) is 24.3 Å². The van der Waals surface area contributed by atoms with Gasteiger partial charge in [-0.05, 0) is 123 Å². The third-order valence-electron chi connectivity index (χ3n) is 11.1. The standard InChI is InChI=1S/C31H48/c1-3-5-25-8-14-28(15-9-25)30-18-21-31(22-19-30,23-20-30)29-16-12-27(13-17-29)26-10-6-24(4-2)7-11-26/h12-13,16-17,24-26,28H,3-11,14-15,18-23H2,1-2H3. The van der Waals surface area contributed by atoms with Crippen LogP contribution in [0.5, 0.6) is 0 Å². The quantitative estimate of drug-likeness (QED) is 0.429. The normalized spacial score (nSPS) is 40.7. The first-order valence-corrected chi connectivity index (χ1v) is 14.3. The molecular formula is C31H48. The zero-order chi connectivity index (χ0) is 21.3. The Morgan fingerprint density at radius 1 is 0.677 bits per heavy atom. The Morgan fingerprint density at radius 2 is 1.26 bits per heavy atom. The van der Waals surface area contributed by atoms with Crippen LogP contribution in [0.2, 0.25) is 0 Å². The van der Waals surface area contributed by atoms with E-state index in [9.17, 15) is 0 Å². The number of hydrogen-bond donors (Lipinski definition) is 0. The summed E-state index contributed by atoms with van der Waals surface area (Å²) in [7, 11) is 0. The van der Waals surface area contributed by atoms with E-state index < -0.39 is 0 Å². The summed E-state index contributed by atoms with van der Waals surface area (Å²) in [6.45, 7) is 4.75. The fourth-order valence-corrected chi connectivity index (χ4v) is 8.74. The van der Waals surface area contributed by atoms with Crippen molar-refractivity contribution in [2.24, 2.45) is 23.2 Å². The largest absolute Gasteiger partial charge is 0.0654 e. The molecular weight excluding hydrogens is 372 g/mol. The van der Waals surface area contributed by atoms with Gasteiger partial charge in [0.2, 0.25) is 0 Å². The van der Waals surface area contributed by atoms with Crippen LogP contribution in [0.1, 0.15) is 140 Å². The average molecular weight is 421 g/mol. The van der Waals surface area contributed by atoms with E-state index in [0.717, 1.165) is 29.1 Å². The lowest BCUT2D eigenvalue weighted by Gasteiger charge is -2.58. The lowest BCUT2D eigenvalue weighted by molar-refractivity contribution is -0.0294. The van der Waals surface area contributed by atoms with Crippen molar-refractivity contribution in [3.63, 3.8) is 0 Å². The van der Waals surface area contributed by atoms with Gasteiger partial charge in [-0.25, -0.2) is 0 Å². The van der Waals surface area contributed by atoms with Crippen LogP contribution in [0.4, 0.5) is 0 Å². The van der Waals surface area contributed by atoms with Gasteiger partial charge < -0.3 is 0 Å². The summed E-state index contributed by atoms with van der Waals surface area (Å²) in [6, 6.07) is 10.2. The first-order valence-electron chi connectivity index (χ1n) is 14.3. The molecule has 0 heteroatoms. The van der Waals surface area contributed by atoms with Crippen LogP contribution in [-0.2, 0) is 5.41 Å². The lowest BCUT2D eigenvalue weighted by Crippen LogP contribution is -2.48. The van der Waals surface area contributed by atoms with Crippen molar-refractivity contribution >= 4 is 0 Å². The third-order valence-corrected chi connectivity index (χ3v) is 11.1. The minimum absolute atomic E-state index is 0.527. The molecule has 0 saturated heterocycles. The fourth-order valence-electron chi connectivity index (χ4n) is 8.74. The van der Waals surface area contributed by atoms with E-state index in [2.05, 4.69) is 38.1 Å². The molecule has 172 valence electrons. The van der Waals surface area contributed by atoms with Gasteiger partial charge in [-0.1, -0.05) is 70.2 Å². The Labute approximate surface area is 193 Å². The van der Waals surface area contributed by atoms with Crippen molar-refractivity contribution in [1.29, 1.82) is 0 Å². The summed E-state index contributed by atoms with van der Waals surface area (Å²) in [6.07, 6.45) is 25.2.